The lowest BCUT2D eigenvalue weighted by molar-refractivity contribution is -0.0109. The Labute approximate surface area is 110 Å². The van der Waals surface area contributed by atoms with Gasteiger partial charge in [0, 0.05) is 13.1 Å². The number of aliphatic hydroxyl groups is 1. The van der Waals surface area contributed by atoms with E-state index in [-0.39, 0.29) is 17.1 Å². The van der Waals surface area contributed by atoms with Crippen molar-refractivity contribution in [3.05, 3.63) is 34.6 Å². The van der Waals surface area contributed by atoms with Gasteiger partial charge in [0.2, 0.25) is 0 Å². The summed E-state index contributed by atoms with van der Waals surface area (Å²) < 4.78 is 13.8. The van der Waals surface area contributed by atoms with E-state index >= 15 is 0 Å². The highest BCUT2D eigenvalue weighted by molar-refractivity contribution is 6.31. The molecule has 98 valence electrons. The van der Waals surface area contributed by atoms with E-state index in [1.54, 1.807) is 13.0 Å². The molecule has 1 aliphatic rings. The molecular weight excluding hydrogens is 257 g/mol. The lowest BCUT2D eigenvalue weighted by atomic mass is 9.94. The molecule has 3 nitrogen and oxygen atoms in total. The summed E-state index contributed by atoms with van der Waals surface area (Å²) in [5.41, 5.74) is -0.941. The van der Waals surface area contributed by atoms with Crippen LogP contribution in [0.1, 0.15) is 30.1 Å². The number of β-amino-alcohol motifs (C(OH)–C–C–N with tert-alkyl or cyclic N) is 1. The molecule has 1 aromatic carbocycles. The molecule has 1 heterocycles. The largest absolute Gasteiger partial charge is 0.388 e. The van der Waals surface area contributed by atoms with Gasteiger partial charge in [0.1, 0.15) is 0 Å². The number of hydrogen-bond acceptors (Lipinski definition) is 2. The molecule has 0 spiro atoms. The molecule has 1 aromatic rings. The first-order valence-corrected chi connectivity index (χ1v) is 6.24. The minimum atomic E-state index is -0.900. The van der Waals surface area contributed by atoms with Crippen molar-refractivity contribution in [3.63, 3.8) is 0 Å². The first kappa shape index (κ1) is 13.3. The molecule has 0 aromatic heterocycles. The smallest absolute Gasteiger partial charge is 0.256 e. The van der Waals surface area contributed by atoms with Gasteiger partial charge in [-0.25, -0.2) is 4.39 Å². The fourth-order valence-electron chi connectivity index (χ4n) is 2.23. The third kappa shape index (κ3) is 2.65. The molecule has 1 saturated heterocycles. The SMILES string of the molecule is CC1(O)CCCN(C(=O)c2cccc(Cl)c2F)C1. The monoisotopic (exact) mass is 271 g/mol. The van der Waals surface area contributed by atoms with E-state index in [1.165, 1.54) is 17.0 Å². The van der Waals surface area contributed by atoms with E-state index in [4.69, 9.17) is 11.6 Å². The average molecular weight is 272 g/mol. The molecule has 0 bridgehead atoms. The Morgan fingerprint density at radius 3 is 2.94 bits per heavy atom. The number of nitrogens with zero attached hydrogens (tertiary/aromatic N) is 1. The topological polar surface area (TPSA) is 40.5 Å². The number of rotatable bonds is 1. The first-order valence-electron chi connectivity index (χ1n) is 5.86. The third-order valence-electron chi connectivity index (χ3n) is 3.14. The van der Waals surface area contributed by atoms with E-state index in [0.29, 0.717) is 19.4 Å². The van der Waals surface area contributed by atoms with Crippen LogP contribution in [-0.4, -0.2) is 34.6 Å². The van der Waals surface area contributed by atoms with Gasteiger partial charge < -0.3 is 10.0 Å². The molecule has 0 radical (unpaired) electrons. The summed E-state index contributed by atoms with van der Waals surface area (Å²) in [5.74, 6) is -1.12. The standard InChI is InChI=1S/C13H15ClFNO2/c1-13(18)6-3-7-16(8-13)12(17)9-4-2-5-10(14)11(9)15/h2,4-5,18H,3,6-8H2,1H3. The predicted octanol–water partition coefficient (Wildman–Crippen LogP) is 2.47. The lowest BCUT2D eigenvalue weighted by Crippen LogP contribution is -2.48. The van der Waals surface area contributed by atoms with E-state index in [2.05, 4.69) is 0 Å². The van der Waals surface area contributed by atoms with Gasteiger partial charge in [-0.05, 0) is 31.9 Å². The van der Waals surface area contributed by atoms with Crippen molar-refractivity contribution in [3.8, 4) is 0 Å². The molecule has 1 aliphatic heterocycles. The van der Waals surface area contributed by atoms with Crippen LogP contribution in [0.4, 0.5) is 4.39 Å². The van der Waals surface area contributed by atoms with Crippen molar-refractivity contribution in [1.82, 2.24) is 4.90 Å². The van der Waals surface area contributed by atoms with Crippen LogP contribution in [0.5, 0.6) is 0 Å². The highest BCUT2D eigenvalue weighted by Gasteiger charge is 2.32. The molecule has 18 heavy (non-hydrogen) atoms. The summed E-state index contributed by atoms with van der Waals surface area (Å²) in [5, 5.41) is 9.89. The second-order valence-corrected chi connectivity index (χ2v) is 5.34. The number of benzene rings is 1. The Morgan fingerprint density at radius 1 is 1.56 bits per heavy atom. The number of amides is 1. The van der Waals surface area contributed by atoms with Crippen LogP contribution in [0.25, 0.3) is 0 Å². The fraction of sp³-hybridized carbons (Fsp3) is 0.462. The fourth-order valence-corrected chi connectivity index (χ4v) is 2.41. The van der Waals surface area contributed by atoms with Gasteiger partial charge in [0.15, 0.2) is 5.82 Å². The quantitative estimate of drug-likeness (QED) is 0.852. The molecule has 0 saturated carbocycles. The van der Waals surface area contributed by atoms with E-state index in [1.807, 2.05) is 0 Å². The second kappa shape index (κ2) is 4.86. The van der Waals surface area contributed by atoms with Gasteiger partial charge in [-0.1, -0.05) is 17.7 Å². The first-order chi connectivity index (χ1) is 8.41. The van der Waals surface area contributed by atoms with E-state index < -0.39 is 17.3 Å². The van der Waals surface area contributed by atoms with Crippen molar-refractivity contribution in [2.24, 2.45) is 0 Å². The molecule has 1 N–H and O–H groups in total. The predicted molar refractivity (Wildman–Crippen MR) is 67.2 cm³/mol. The zero-order chi connectivity index (χ0) is 13.3. The maximum atomic E-state index is 13.8. The summed E-state index contributed by atoms with van der Waals surface area (Å²) in [6.07, 6.45) is 1.36. The van der Waals surface area contributed by atoms with Gasteiger partial charge in [-0.2, -0.15) is 0 Å². The Bertz CT molecular complexity index is 476. The Balaban J connectivity index is 2.23. The lowest BCUT2D eigenvalue weighted by Gasteiger charge is -2.36. The highest BCUT2D eigenvalue weighted by atomic mass is 35.5. The van der Waals surface area contributed by atoms with Crippen LogP contribution in [0, 0.1) is 5.82 Å². The Hall–Kier alpha value is -1.13. The van der Waals surface area contributed by atoms with Crippen molar-refractivity contribution in [2.45, 2.75) is 25.4 Å². The minimum absolute atomic E-state index is 0.0415. The van der Waals surface area contributed by atoms with Gasteiger partial charge in [0.25, 0.3) is 5.91 Å². The van der Waals surface area contributed by atoms with Crippen LogP contribution < -0.4 is 0 Å². The van der Waals surface area contributed by atoms with Crippen molar-refractivity contribution in [2.75, 3.05) is 13.1 Å². The number of carbonyl (C=O) groups excluding carboxylic acids is 1. The highest BCUT2D eigenvalue weighted by Crippen LogP contribution is 2.24. The maximum Gasteiger partial charge on any atom is 0.256 e. The van der Waals surface area contributed by atoms with Crippen molar-refractivity contribution in [1.29, 1.82) is 0 Å². The van der Waals surface area contributed by atoms with E-state index in [9.17, 15) is 14.3 Å². The number of carbonyl (C=O) groups is 1. The van der Waals surface area contributed by atoms with Crippen molar-refractivity contribution >= 4 is 17.5 Å². The molecule has 1 fully saturated rings. The minimum Gasteiger partial charge on any atom is -0.388 e. The van der Waals surface area contributed by atoms with Crippen molar-refractivity contribution < 1.29 is 14.3 Å². The summed E-state index contributed by atoms with van der Waals surface area (Å²) in [6.45, 7) is 2.43. The van der Waals surface area contributed by atoms with Crippen LogP contribution in [0.15, 0.2) is 18.2 Å². The molecule has 0 aliphatic carbocycles. The van der Waals surface area contributed by atoms with Gasteiger partial charge in [-0.3, -0.25) is 4.79 Å². The number of halogens is 2. The average Bonchev–Trinajstić information content (AvgIpc) is 2.30. The van der Waals surface area contributed by atoms with Crippen LogP contribution in [0.2, 0.25) is 5.02 Å². The third-order valence-corrected chi connectivity index (χ3v) is 3.44. The summed E-state index contributed by atoms with van der Waals surface area (Å²) in [7, 11) is 0. The van der Waals surface area contributed by atoms with Crippen LogP contribution >= 0.6 is 11.6 Å². The Morgan fingerprint density at radius 2 is 2.28 bits per heavy atom. The molecule has 5 heteroatoms. The molecule has 1 unspecified atom stereocenters. The molecule has 1 amide bonds. The van der Waals surface area contributed by atoms with Crippen LogP contribution in [0.3, 0.4) is 0 Å². The number of piperidine rings is 1. The Kier molecular flexibility index (Phi) is 3.59. The molecular formula is C13H15ClFNO2. The molecule has 1 atom stereocenters. The van der Waals surface area contributed by atoms with Gasteiger partial charge in [0.05, 0.1) is 16.2 Å². The maximum absolute atomic E-state index is 13.8. The zero-order valence-corrected chi connectivity index (χ0v) is 10.9. The summed E-state index contributed by atoms with van der Waals surface area (Å²) >= 11 is 5.66. The second-order valence-electron chi connectivity index (χ2n) is 4.93. The van der Waals surface area contributed by atoms with Gasteiger partial charge >= 0.3 is 0 Å². The van der Waals surface area contributed by atoms with E-state index in [0.717, 1.165) is 0 Å². The summed E-state index contributed by atoms with van der Waals surface area (Å²) in [4.78, 5) is 13.6. The molecule has 2 rings (SSSR count). The van der Waals surface area contributed by atoms with Crippen LogP contribution in [-0.2, 0) is 0 Å². The number of hydrogen-bond donors (Lipinski definition) is 1. The zero-order valence-electron chi connectivity index (χ0n) is 10.1. The summed E-state index contributed by atoms with van der Waals surface area (Å²) in [6, 6.07) is 4.35. The normalized spacial score (nSPS) is 24.1. The van der Waals surface area contributed by atoms with Gasteiger partial charge in [-0.15, -0.1) is 0 Å². The number of likely N-dealkylation sites (tertiary alicyclic amines) is 1.